The van der Waals surface area contributed by atoms with E-state index in [1.807, 2.05) is 12.1 Å². The molecule has 0 aliphatic carbocycles. The van der Waals surface area contributed by atoms with E-state index in [0.29, 0.717) is 64.5 Å². The number of hydrogen-bond acceptors (Lipinski definition) is 14. The lowest BCUT2D eigenvalue weighted by molar-refractivity contribution is -0.397. The second-order valence-corrected chi connectivity index (χ2v) is 37.1. The van der Waals surface area contributed by atoms with Gasteiger partial charge in [0, 0.05) is 115 Å². The summed E-state index contributed by atoms with van der Waals surface area (Å²) in [5, 5.41) is 4.74. The Hall–Kier alpha value is -6.97. The molecule has 42 heteroatoms. The molecular formula is C82H86F24O14S4+4. The summed E-state index contributed by atoms with van der Waals surface area (Å²) in [5.74, 6) is 6.91. The van der Waals surface area contributed by atoms with Crippen molar-refractivity contribution >= 4 is 92.5 Å². The highest BCUT2D eigenvalue weighted by Crippen LogP contribution is 2.52. The van der Waals surface area contributed by atoms with Gasteiger partial charge >= 0.3 is 49.4 Å². The van der Waals surface area contributed by atoms with Crippen LogP contribution < -0.4 is 18.9 Å². The van der Waals surface area contributed by atoms with Crippen LogP contribution in [-0.2, 0) is 91.0 Å². The lowest BCUT2D eigenvalue weighted by atomic mass is 10.0. The third-order valence-corrected chi connectivity index (χ3v) is 30.0. The number of ketones is 1. The smallest absolute Gasteiger partial charge is 0.430 e. The molecule has 0 saturated carbocycles. The van der Waals surface area contributed by atoms with Crippen LogP contribution in [0.5, 0.6) is 23.0 Å². The van der Waals surface area contributed by atoms with E-state index in [-0.39, 0.29) is 72.4 Å². The minimum Gasteiger partial charge on any atom is -0.489 e. The van der Waals surface area contributed by atoms with E-state index in [9.17, 15) is 110 Å². The van der Waals surface area contributed by atoms with Crippen molar-refractivity contribution < 1.29 is 172 Å². The zero-order valence-electron chi connectivity index (χ0n) is 66.5. The normalized spacial score (nSPS) is 16.5. The molecule has 4 fully saturated rings. The Bertz CT molecular complexity index is 4550. The van der Waals surface area contributed by atoms with Gasteiger partial charge in [0.05, 0.1) is 26.1 Å². The highest BCUT2D eigenvalue weighted by molar-refractivity contribution is 7.98. The Balaban J connectivity index is 0.000000187. The fourth-order valence-electron chi connectivity index (χ4n) is 13.5. The molecule has 0 bridgehead atoms. The topological polar surface area (TPSA) is 137 Å². The van der Waals surface area contributed by atoms with E-state index in [2.05, 4.69) is 37.9 Å². The van der Waals surface area contributed by atoms with E-state index in [4.69, 9.17) is 23.7 Å². The minimum atomic E-state index is -5.80. The third-order valence-electron chi connectivity index (χ3n) is 20.2. The van der Waals surface area contributed by atoms with E-state index < -0.39 is 125 Å². The summed E-state index contributed by atoms with van der Waals surface area (Å²) < 4.78 is 384. The van der Waals surface area contributed by atoms with E-state index in [1.165, 1.54) is 30.7 Å². The molecule has 8 aromatic carbocycles. The van der Waals surface area contributed by atoms with Gasteiger partial charge in [-0.15, -0.1) is 0 Å². The maximum atomic E-state index is 13.5. The summed E-state index contributed by atoms with van der Waals surface area (Å²) in [6, 6.07) is 39.8. The van der Waals surface area contributed by atoms with Crippen LogP contribution in [0.15, 0.2) is 165 Å². The Kier molecular flexibility index (Phi) is 34.6. The largest absolute Gasteiger partial charge is 0.489 e. The van der Waals surface area contributed by atoms with Gasteiger partial charge in [0.15, 0.2) is 19.6 Å². The van der Waals surface area contributed by atoms with Crippen molar-refractivity contribution in [1.29, 1.82) is 0 Å². The number of methoxy groups -OCH3 is 4. The number of carbonyl (C=O) groups excluding carboxylic acids is 1. The first-order chi connectivity index (χ1) is 58.3. The van der Waals surface area contributed by atoms with Gasteiger partial charge in [-0.05, 0) is 105 Å². The van der Waals surface area contributed by atoms with Crippen LogP contribution in [0.1, 0.15) is 44.9 Å². The predicted molar refractivity (Wildman–Crippen MR) is 419 cm³/mol. The second-order valence-electron chi connectivity index (χ2n) is 28.1. The summed E-state index contributed by atoms with van der Waals surface area (Å²) in [4.78, 5) is 15.6. The summed E-state index contributed by atoms with van der Waals surface area (Å²) in [7, 11) is 3.38. The van der Waals surface area contributed by atoms with Crippen molar-refractivity contribution in [3.63, 3.8) is 0 Å². The van der Waals surface area contributed by atoms with Crippen LogP contribution in [0.2, 0.25) is 0 Å². The van der Waals surface area contributed by atoms with E-state index in [0.717, 1.165) is 124 Å². The van der Waals surface area contributed by atoms with E-state index >= 15 is 0 Å². The number of rotatable bonds is 28. The van der Waals surface area contributed by atoms with Gasteiger partial charge in [-0.2, -0.15) is 105 Å². The average Bonchev–Trinajstić information content (AvgIpc) is 0.918. The number of hydrogen-bond donors (Lipinski definition) is 0. The molecule has 4 aliphatic rings. The molecule has 686 valence electrons. The quantitative estimate of drug-likeness (QED) is 0.0261. The number of fused-ring (bicyclic) bond motifs is 4. The number of carbonyl (C=O) groups is 1. The molecular weight excluding hydrogens is 1790 g/mol. The van der Waals surface area contributed by atoms with Crippen LogP contribution >= 0.6 is 0 Å². The molecule has 0 atom stereocenters. The number of halogens is 24. The molecule has 4 heterocycles. The van der Waals surface area contributed by atoms with Crippen molar-refractivity contribution in [3.05, 3.63) is 146 Å². The molecule has 14 nitrogen and oxygen atoms in total. The summed E-state index contributed by atoms with van der Waals surface area (Å²) >= 11 is 0. The zero-order chi connectivity index (χ0) is 91.0. The molecule has 124 heavy (non-hydrogen) atoms. The summed E-state index contributed by atoms with van der Waals surface area (Å²) in [5.41, 5.74) is -18.1. The van der Waals surface area contributed by atoms with Gasteiger partial charge in [-0.1, -0.05) is 72.8 Å². The standard InChI is InChI=1S/C21H21F6O4S.C21H23F6O3S.C20H21F6O4S.C20H21F6O3S/c1-29-13-31-19(20(22,23)24,21(25,26)27)12-30-17-6-7-18(16-5-3-2-4-15(16)17)32-10-8-14(28)9-11-32;1-28-14-30-19(20(22,23)24,21(25,26)27)13-29-17-9-10-18(31-11-5-2-6-12-31)16-8-4-3-7-15(16)17;1-27-13-30-18(19(21,22)23,20(24,25)26)12-29-16-6-7-17(31-10-8-28-9-11-31)15-5-3-2-4-14(15)16;1-27-13-29-18(19(21,22)23,20(24,25)26)12-28-16-8-9-17(30-10-4-5-11-30)15-7-3-2-6-14(15)16/h2-7H,8-13H2,1H3;3-4,7-10H,2,5-6,11-14H2,1H3;2-7H,8-13H2,1H3;2-3,6-9H,4-5,10-13H2,1H3/q4*+1. The highest BCUT2D eigenvalue weighted by Gasteiger charge is 2.77. The van der Waals surface area contributed by atoms with Crippen LogP contribution in [-0.4, -0.2) is 219 Å². The first kappa shape index (κ1) is 101. The van der Waals surface area contributed by atoms with Gasteiger partial charge in [0.1, 0.15) is 128 Å². The number of alkyl halides is 24. The van der Waals surface area contributed by atoms with Crippen molar-refractivity contribution in [3.8, 4) is 23.0 Å². The second kappa shape index (κ2) is 42.5. The summed E-state index contributed by atoms with van der Waals surface area (Å²) in [6.45, 7) is -10.8. The molecule has 0 N–H and O–H groups in total. The van der Waals surface area contributed by atoms with Crippen LogP contribution in [0, 0.1) is 0 Å². The lowest BCUT2D eigenvalue weighted by Gasteiger charge is -2.36. The third kappa shape index (κ3) is 23.2. The highest BCUT2D eigenvalue weighted by atomic mass is 32.2. The average molecular weight is 1880 g/mol. The maximum Gasteiger partial charge on any atom is 0.430 e. The number of Topliss-reactive ketones (excluding diaryl/α,β-unsaturated/α-hetero) is 1. The van der Waals surface area contributed by atoms with Gasteiger partial charge in [0.25, 0.3) is 22.4 Å². The Morgan fingerprint density at radius 1 is 0.266 bits per heavy atom. The maximum absolute atomic E-state index is 13.5. The van der Waals surface area contributed by atoms with Gasteiger partial charge in [-0.25, -0.2) is 0 Å². The summed E-state index contributed by atoms with van der Waals surface area (Å²) in [6.07, 6.45) is -39.7. The Morgan fingerprint density at radius 2 is 0.468 bits per heavy atom. The van der Waals surface area contributed by atoms with Crippen molar-refractivity contribution in [2.24, 2.45) is 0 Å². The molecule has 0 unspecified atom stereocenters. The molecule has 4 saturated heterocycles. The van der Waals surface area contributed by atoms with Crippen molar-refractivity contribution in [2.45, 2.75) is 136 Å². The van der Waals surface area contributed by atoms with E-state index in [1.54, 1.807) is 109 Å². The first-order valence-corrected chi connectivity index (χ1v) is 44.0. The number of ether oxygens (including phenoxy) is 13. The SMILES string of the molecule is COCOC(COc1ccc([S+]2CCC(=O)CC2)c2ccccc12)(C(F)(F)F)C(F)(F)F.COCOC(COc1ccc([S+]2CCCC2)c2ccccc12)(C(F)(F)F)C(F)(F)F.COCOC(COc1ccc([S+]2CCCCC2)c2ccccc12)(C(F)(F)F)C(F)(F)F.COCOC(COc1ccc([S+]2CCOCC2)c2ccccc12)(C(F)(F)F)C(F)(F)F. The molecule has 12 rings (SSSR count). The molecule has 0 radical (unpaired) electrons. The minimum absolute atomic E-state index is 0.00113. The molecule has 4 aliphatic heterocycles. The number of benzene rings is 8. The molecule has 0 spiro atoms. The lowest BCUT2D eigenvalue weighted by Crippen LogP contribution is -2.62. The van der Waals surface area contributed by atoms with Gasteiger partial charge in [-0.3, -0.25) is 4.79 Å². The molecule has 0 amide bonds. The molecule has 8 aromatic rings. The predicted octanol–water partition coefficient (Wildman–Crippen LogP) is 21.1. The van der Waals surface area contributed by atoms with Gasteiger partial charge in [0.2, 0.25) is 0 Å². The molecule has 0 aromatic heterocycles. The van der Waals surface area contributed by atoms with Crippen LogP contribution in [0.3, 0.4) is 0 Å². The monoisotopic (exact) mass is 1880 g/mol. The zero-order valence-corrected chi connectivity index (χ0v) is 69.7. The van der Waals surface area contributed by atoms with Crippen LogP contribution in [0.4, 0.5) is 105 Å². The first-order valence-electron chi connectivity index (χ1n) is 37.7. The van der Waals surface area contributed by atoms with Gasteiger partial charge < -0.3 is 61.6 Å². The Morgan fingerprint density at radius 3 is 0.685 bits per heavy atom. The fraction of sp³-hybridized carbons (Fsp3) is 0.500. The Labute approximate surface area is 707 Å². The van der Waals surface area contributed by atoms with Crippen molar-refractivity contribution in [1.82, 2.24) is 0 Å². The van der Waals surface area contributed by atoms with Crippen molar-refractivity contribution in [2.75, 3.05) is 141 Å². The fourth-order valence-corrected chi connectivity index (χ4v) is 22.9. The van der Waals surface area contributed by atoms with Crippen LogP contribution in [0.25, 0.3) is 43.1 Å².